The summed E-state index contributed by atoms with van der Waals surface area (Å²) in [7, 11) is -3.70. The fraction of sp³-hybridized carbons (Fsp3) is 0.529. The van der Waals surface area contributed by atoms with Crippen LogP contribution in [0, 0.1) is 5.92 Å². The van der Waals surface area contributed by atoms with Crippen LogP contribution in [0.1, 0.15) is 39.5 Å². The Morgan fingerprint density at radius 2 is 2.04 bits per heavy atom. The highest BCUT2D eigenvalue weighted by Crippen LogP contribution is 2.41. The zero-order valence-electron chi connectivity index (χ0n) is 14.7. The van der Waals surface area contributed by atoms with Crippen molar-refractivity contribution in [1.29, 1.82) is 0 Å². The first-order valence-corrected chi connectivity index (χ1v) is 10.2. The molecule has 0 saturated heterocycles. The third kappa shape index (κ3) is 3.40. The average Bonchev–Trinajstić information content (AvgIpc) is 2.88. The van der Waals surface area contributed by atoms with Crippen LogP contribution in [0.4, 0.5) is 4.79 Å². The molecule has 0 atom stereocenters. The summed E-state index contributed by atoms with van der Waals surface area (Å²) in [4.78, 5) is 14.9. The van der Waals surface area contributed by atoms with Crippen molar-refractivity contribution in [2.75, 3.05) is 6.54 Å². The van der Waals surface area contributed by atoms with Crippen LogP contribution in [-0.2, 0) is 15.3 Å². The lowest BCUT2D eigenvalue weighted by atomic mass is 9.85. The number of rotatable bonds is 4. The SMILES string of the molecule is CC(C)(C)c1nc2ccc(Cl)c(S(=O)(=O)[C@H]3C[C@H](CNC(=O)O)C3)c2o1. The van der Waals surface area contributed by atoms with Crippen molar-refractivity contribution in [1.82, 2.24) is 10.3 Å². The van der Waals surface area contributed by atoms with E-state index in [2.05, 4.69) is 10.3 Å². The molecule has 3 rings (SSSR count). The van der Waals surface area contributed by atoms with Crippen molar-refractivity contribution in [2.24, 2.45) is 5.92 Å². The molecular weight excluding hydrogens is 380 g/mol. The van der Waals surface area contributed by atoms with E-state index in [1.165, 1.54) is 6.07 Å². The van der Waals surface area contributed by atoms with E-state index >= 15 is 0 Å². The number of nitrogens with zero attached hydrogens (tertiary/aromatic N) is 1. The molecular formula is C17H21ClN2O5S. The van der Waals surface area contributed by atoms with Gasteiger partial charge in [0.05, 0.1) is 10.3 Å². The maximum Gasteiger partial charge on any atom is 0.404 e. The van der Waals surface area contributed by atoms with Crippen molar-refractivity contribution < 1.29 is 22.7 Å². The van der Waals surface area contributed by atoms with Crippen molar-refractivity contribution >= 4 is 38.6 Å². The Morgan fingerprint density at radius 3 is 2.62 bits per heavy atom. The molecule has 9 heteroatoms. The van der Waals surface area contributed by atoms with Gasteiger partial charge in [0.2, 0.25) is 5.89 Å². The second-order valence-electron chi connectivity index (χ2n) is 7.68. The standard InChI is InChI=1S/C17H21ClN2O5S/c1-17(2,3)15-20-12-5-4-11(18)14(13(12)25-15)26(23,24)10-6-9(7-10)8-19-16(21)22/h4-5,9-10,19H,6-8H2,1-3H3,(H,21,22)/t9-,10-. The molecule has 142 valence electrons. The summed E-state index contributed by atoms with van der Waals surface area (Å²) >= 11 is 6.22. The number of amides is 1. The Bertz CT molecular complexity index is 955. The zero-order chi connectivity index (χ0) is 19.3. The Morgan fingerprint density at radius 1 is 1.38 bits per heavy atom. The van der Waals surface area contributed by atoms with E-state index in [1.807, 2.05) is 20.8 Å². The summed E-state index contributed by atoms with van der Waals surface area (Å²) in [5.74, 6) is 0.451. The number of hydrogen-bond acceptors (Lipinski definition) is 5. The number of fused-ring (bicyclic) bond motifs is 1. The predicted octanol–water partition coefficient (Wildman–Crippen LogP) is 3.60. The minimum Gasteiger partial charge on any atom is -0.465 e. The average molecular weight is 401 g/mol. The number of sulfone groups is 1. The van der Waals surface area contributed by atoms with Crippen molar-refractivity contribution in [3.8, 4) is 0 Å². The molecule has 1 aliphatic carbocycles. The number of oxazole rings is 1. The number of carboxylic acid groups (broad SMARTS) is 1. The monoisotopic (exact) mass is 400 g/mol. The Labute approximate surface area is 156 Å². The van der Waals surface area contributed by atoms with Crippen LogP contribution in [0.5, 0.6) is 0 Å². The second kappa shape index (κ2) is 6.42. The molecule has 1 aromatic heterocycles. The minimum absolute atomic E-state index is 0.00344. The summed E-state index contributed by atoms with van der Waals surface area (Å²) in [5.41, 5.74) is 0.284. The molecule has 7 nitrogen and oxygen atoms in total. The van der Waals surface area contributed by atoms with Gasteiger partial charge in [-0.15, -0.1) is 0 Å². The van der Waals surface area contributed by atoms with Crippen LogP contribution in [0.3, 0.4) is 0 Å². The normalized spacial score (nSPS) is 20.8. The molecule has 1 heterocycles. The van der Waals surface area contributed by atoms with Crippen LogP contribution >= 0.6 is 11.6 Å². The van der Waals surface area contributed by atoms with Gasteiger partial charge in [-0.05, 0) is 30.9 Å². The summed E-state index contributed by atoms with van der Waals surface area (Å²) in [6.07, 6.45) is -0.342. The molecule has 2 N–H and O–H groups in total. The lowest BCUT2D eigenvalue weighted by molar-refractivity contribution is 0.188. The van der Waals surface area contributed by atoms with Crippen molar-refractivity contribution in [2.45, 2.75) is 49.2 Å². The van der Waals surface area contributed by atoms with E-state index in [1.54, 1.807) is 6.07 Å². The molecule has 0 radical (unpaired) electrons. The number of hydrogen-bond donors (Lipinski definition) is 2. The number of carbonyl (C=O) groups is 1. The van der Waals surface area contributed by atoms with Gasteiger partial charge in [0, 0.05) is 12.0 Å². The topological polar surface area (TPSA) is 110 Å². The van der Waals surface area contributed by atoms with Gasteiger partial charge in [-0.2, -0.15) is 0 Å². The molecule has 0 aliphatic heterocycles. The maximum absolute atomic E-state index is 13.1. The molecule has 1 amide bonds. The third-order valence-electron chi connectivity index (χ3n) is 4.56. The Kier molecular flexibility index (Phi) is 4.69. The lowest BCUT2D eigenvalue weighted by Gasteiger charge is -2.34. The first-order chi connectivity index (χ1) is 12.0. The summed E-state index contributed by atoms with van der Waals surface area (Å²) < 4.78 is 32.0. The summed E-state index contributed by atoms with van der Waals surface area (Å²) in [6.45, 7) is 6.04. The molecule has 2 aromatic rings. The molecule has 26 heavy (non-hydrogen) atoms. The van der Waals surface area contributed by atoms with Gasteiger partial charge in [-0.25, -0.2) is 18.2 Å². The molecule has 0 unspecified atom stereocenters. The van der Waals surface area contributed by atoms with Crippen LogP contribution in [0.15, 0.2) is 21.4 Å². The first-order valence-electron chi connectivity index (χ1n) is 8.30. The van der Waals surface area contributed by atoms with Crippen LogP contribution in [0.25, 0.3) is 11.1 Å². The number of benzene rings is 1. The van der Waals surface area contributed by atoms with E-state index in [-0.39, 0.29) is 33.4 Å². The number of nitrogens with one attached hydrogen (secondary N) is 1. The lowest BCUT2D eigenvalue weighted by Crippen LogP contribution is -2.42. The predicted molar refractivity (Wildman–Crippen MR) is 97.4 cm³/mol. The van der Waals surface area contributed by atoms with E-state index in [0.29, 0.717) is 24.2 Å². The largest absolute Gasteiger partial charge is 0.465 e. The van der Waals surface area contributed by atoms with Gasteiger partial charge in [0.15, 0.2) is 15.4 Å². The smallest absolute Gasteiger partial charge is 0.404 e. The molecule has 1 aliphatic rings. The van der Waals surface area contributed by atoms with Crippen molar-refractivity contribution in [3.05, 3.63) is 23.0 Å². The Hall–Kier alpha value is -1.80. The van der Waals surface area contributed by atoms with Crippen LogP contribution in [-0.4, -0.2) is 36.4 Å². The van der Waals surface area contributed by atoms with Crippen molar-refractivity contribution in [3.63, 3.8) is 0 Å². The van der Waals surface area contributed by atoms with Gasteiger partial charge in [-0.1, -0.05) is 32.4 Å². The van der Waals surface area contributed by atoms with Gasteiger partial charge >= 0.3 is 6.09 Å². The third-order valence-corrected chi connectivity index (χ3v) is 7.23. The molecule has 1 aromatic carbocycles. The van der Waals surface area contributed by atoms with E-state index in [4.69, 9.17) is 21.1 Å². The quantitative estimate of drug-likeness (QED) is 0.811. The van der Waals surface area contributed by atoms with Gasteiger partial charge < -0.3 is 14.8 Å². The molecule has 1 fully saturated rings. The van der Waals surface area contributed by atoms with Gasteiger partial charge in [0.1, 0.15) is 10.4 Å². The molecule has 0 bridgehead atoms. The van der Waals surface area contributed by atoms with Gasteiger partial charge in [-0.3, -0.25) is 0 Å². The molecule has 0 spiro atoms. The highest BCUT2D eigenvalue weighted by molar-refractivity contribution is 7.92. The molecule has 1 saturated carbocycles. The van der Waals surface area contributed by atoms with Gasteiger partial charge in [0.25, 0.3) is 0 Å². The highest BCUT2D eigenvalue weighted by Gasteiger charge is 2.42. The fourth-order valence-corrected chi connectivity index (χ4v) is 5.62. The Balaban J connectivity index is 1.93. The number of halogens is 1. The van der Waals surface area contributed by atoms with E-state index < -0.39 is 21.2 Å². The summed E-state index contributed by atoms with van der Waals surface area (Å²) in [5, 5.41) is 10.4. The van der Waals surface area contributed by atoms with Crippen LogP contribution < -0.4 is 5.32 Å². The first kappa shape index (κ1) is 19.0. The zero-order valence-corrected chi connectivity index (χ0v) is 16.3. The maximum atomic E-state index is 13.1. The van der Waals surface area contributed by atoms with E-state index in [0.717, 1.165) is 0 Å². The number of aromatic nitrogens is 1. The van der Waals surface area contributed by atoms with E-state index in [9.17, 15) is 13.2 Å². The summed E-state index contributed by atoms with van der Waals surface area (Å²) in [6, 6.07) is 3.17. The highest BCUT2D eigenvalue weighted by atomic mass is 35.5. The minimum atomic E-state index is -3.70. The van der Waals surface area contributed by atoms with Crippen LogP contribution in [0.2, 0.25) is 5.02 Å². The second-order valence-corrected chi connectivity index (χ2v) is 10.3. The fourth-order valence-electron chi connectivity index (χ4n) is 3.02.